The van der Waals surface area contributed by atoms with Crippen molar-refractivity contribution in [3.05, 3.63) is 77.0 Å². The van der Waals surface area contributed by atoms with Gasteiger partial charge in [-0.1, -0.05) is 59.7 Å². The van der Waals surface area contributed by atoms with Crippen molar-refractivity contribution >= 4 is 11.9 Å². The predicted molar refractivity (Wildman–Crippen MR) is 119 cm³/mol. The summed E-state index contributed by atoms with van der Waals surface area (Å²) in [5.41, 5.74) is 5.12. The zero-order chi connectivity index (χ0) is 22.0. The van der Waals surface area contributed by atoms with Gasteiger partial charge in [-0.15, -0.1) is 0 Å². The van der Waals surface area contributed by atoms with Gasteiger partial charge in [0.1, 0.15) is 11.3 Å². The van der Waals surface area contributed by atoms with Gasteiger partial charge in [0.05, 0.1) is 6.54 Å². The van der Waals surface area contributed by atoms with E-state index >= 15 is 0 Å². The quantitative estimate of drug-likeness (QED) is 0.589. The number of hydrogen-bond donors (Lipinski definition) is 1. The van der Waals surface area contributed by atoms with E-state index in [1.165, 1.54) is 5.56 Å². The van der Waals surface area contributed by atoms with Gasteiger partial charge in [0.15, 0.2) is 6.10 Å². The molecule has 0 saturated heterocycles. The Morgan fingerprint density at radius 3 is 2.29 bits per heavy atom. The number of esters is 1. The molecule has 1 aliphatic rings. The zero-order valence-electron chi connectivity index (χ0n) is 18.1. The fourth-order valence-electron chi connectivity index (χ4n) is 3.28. The van der Waals surface area contributed by atoms with E-state index in [0.29, 0.717) is 17.8 Å². The molecule has 0 aliphatic heterocycles. The molecule has 0 bridgehead atoms. The summed E-state index contributed by atoms with van der Waals surface area (Å²) in [6.07, 6.45) is 2.80. The first-order valence-electron chi connectivity index (χ1n) is 10.6. The summed E-state index contributed by atoms with van der Waals surface area (Å²) in [7, 11) is 0. The van der Waals surface area contributed by atoms with E-state index in [1.54, 1.807) is 17.8 Å². The van der Waals surface area contributed by atoms with Crippen LogP contribution in [0.5, 0.6) is 0 Å². The van der Waals surface area contributed by atoms with Crippen LogP contribution in [0.4, 0.5) is 0 Å². The first kappa shape index (κ1) is 20.8. The maximum Gasteiger partial charge on any atom is 0.342 e. The molecule has 1 aromatic heterocycles. The maximum absolute atomic E-state index is 13.0. The molecule has 160 valence electrons. The fraction of sp³-hybridized carbons (Fsp3) is 0.320. The van der Waals surface area contributed by atoms with Crippen LogP contribution in [0.15, 0.2) is 54.7 Å². The largest absolute Gasteiger partial charge is 0.449 e. The number of benzene rings is 2. The van der Waals surface area contributed by atoms with Crippen molar-refractivity contribution in [3.8, 4) is 11.3 Å². The van der Waals surface area contributed by atoms with E-state index in [4.69, 9.17) is 4.74 Å². The second-order valence-electron chi connectivity index (χ2n) is 8.27. The molecule has 3 aromatic rings. The second-order valence-corrected chi connectivity index (χ2v) is 8.27. The summed E-state index contributed by atoms with van der Waals surface area (Å²) >= 11 is 0. The molecular weight excluding hydrogens is 390 g/mol. The van der Waals surface area contributed by atoms with Crippen LogP contribution >= 0.6 is 0 Å². The topological polar surface area (TPSA) is 73.2 Å². The number of aryl methyl sites for hydroxylation is 2. The lowest BCUT2D eigenvalue weighted by molar-refractivity contribution is -0.129. The molecule has 4 rings (SSSR count). The van der Waals surface area contributed by atoms with Crippen LogP contribution in [-0.2, 0) is 16.1 Å². The van der Waals surface area contributed by atoms with E-state index in [0.717, 1.165) is 29.5 Å². The normalized spacial score (nSPS) is 14.2. The minimum Gasteiger partial charge on any atom is -0.449 e. The summed E-state index contributed by atoms with van der Waals surface area (Å²) in [5.74, 6) is -0.816. The third kappa shape index (κ3) is 5.20. The first-order chi connectivity index (χ1) is 14.9. The van der Waals surface area contributed by atoms with E-state index in [9.17, 15) is 9.59 Å². The molecule has 2 aromatic carbocycles. The molecule has 1 N–H and O–H groups in total. The van der Waals surface area contributed by atoms with Crippen LogP contribution in [0.2, 0.25) is 0 Å². The number of rotatable bonds is 7. The molecule has 0 spiro atoms. The van der Waals surface area contributed by atoms with Gasteiger partial charge < -0.3 is 10.1 Å². The van der Waals surface area contributed by atoms with Crippen LogP contribution in [0, 0.1) is 13.8 Å². The third-order valence-corrected chi connectivity index (χ3v) is 5.35. The van der Waals surface area contributed by atoms with Crippen molar-refractivity contribution in [1.82, 2.24) is 15.1 Å². The number of nitrogens with zero attached hydrogens (tertiary/aromatic N) is 2. The Bertz CT molecular complexity index is 1080. The van der Waals surface area contributed by atoms with E-state index in [2.05, 4.69) is 22.5 Å². The lowest BCUT2D eigenvalue weighted by atomic mass is 10.1. The van der Waals surface area contributed by atoms with Crippen molar-refractivity contribution in [1.29, 1.82) is 0 Å². The van der Waals surface area contributed by atoms with Crippen LogP contribution in [0.1, 0.15) is 46.8 Å². The molecule has 1 fully saturated rings. The molecule has 1 atom stereocenters. The molecule has 1 aliphatic carbocycles. The fourth-order valence-corrected chi connectivity index (χ4v) is 3.28. The molecule has 1 heterocycles. The van der Waals surface area contributed by atoms with Crippen molar-refractivity contribution in [2.75, 3.05) is 0 Å². The average molecular weight is 418 g/mol. The molecular formula is C25H27N3O3. The minimum absolute atomic E-state index is 0.217. The lowest BCUT2D eigenvalue weighted by Crippen LogP contribution is -2.37. The average Bonchev–Trinajstić information content (AvgIpc) is 3.46. The van der Waals surface area contributed by atoms with Gasteiger partial charge in [0.2, 0.25) is 0 Å². The number of aromatic nitrogens is 2. The Morgan fingerprint density at radius 1 is 1.06 bits per heavy atom. The van der Waals surface area contributed by atoms with E-state index in [1.807, 2.05) is 50.2 Å². The number of hydrogen-bond acceptors (Lipinski definition) is 4. The Labute approximate surface area is 182 Å². The van der Waals surface area contributed by atoms with Crippen molar-refractivity contribution in [3.63, 3.8) is 0 Å². The van der Waals surface area contributed by atoms with Gasteiger partial charge in [-0.25, -0.2) is 4.79 Å². The maximum atomic E-state index is 13.0. The highest BCUT2D eigenvalue weighted by atomic mass is 16.5. The highest BCUT2D eigenvalue weighted by molar-refractivity contribution is 5.97. The van der Waals surface area contributed by atoms with Crippen molar-refractivity contribution < 1.29 is 14.3 Å². The molecule has 0 radical (unpaired) electrons. The Kier molecular flexibility index (Phi) is 5.89. The summed E-state index contributed by atoms with van der Waals surface area (Å²) in [5, 5.41) is 7.54. The van der Waals surface area contributed by atoms with Crippen LogP contribution in [0.25, 0.3) is 11.3 Å². The summed E-state index contributed by atoms with van der Waals surface area (Å²) < 4.78 is 7.23. The highest BCUT2D eigenvalue weighted by Gasteiger charge is 2.28. The van der Waals surface area contributed by atoms with E-state index in [-0.39, 0.29) is 11.9 Å². The molecule has 6 nitrogen and oxygen atoms in total. The van der Waals surface area contributed by atoms with E-state index < -0.39 is 12.1 Å². The van der Waals surface area contributed by atoms with Gasteiger partial charge in [-0.3, -0.25) is 9.48 Å². The minimum atomic E-state index is -0.862. The van der Waals surface area contributed by atoms with Gasteiger partial charge in [0.25, 0.3) is 5.91 Å². The number of carbonyl (C=O) groups is 2. The number of amides is 1. The zero-order valence-corrected chi connectivity index (χ0v) is 18.1. The third-order valence-electron chi connectivity index (χ3n) is 5.35. The van der Waals surface area contributed by atoms with Crippen molar-refractivity contribution in [2.24, 2.45) is 0 Å². The van der Waals surface area contributed by atoms with Gasteiger partial charge in [-0.2, -0.15) is 5.10 Å². The number of ether oxygens (including phenoxy) is 1. The smallest absolute Gasteiger partial charge is 0.342 e. The van der Waals surface area contributed by atoms with Crippen LogP contribution in [-0.4, -0.2) is 33.8 Å². The number of nitrogens with one attached hydrogen (secondary N) is 1. The lowest BCUT2D eigenvalue weighted by Gasteiger charge is -2.13. The Balaban J connectivity index is 1.59. The number of carbonyl (C=O) groups excluding carboxylic acids is 2. The van der Waals surface area contributed by atoms with Crippen LogP contribution < -0.4 is 5.32 Å². The standard InChI is InChI=1S/C25H27N3O3/c1-16-4-8-19(9-5-16)14-28-15-22(23(27-28)20-10-6-17(2)7-11-20)25(30)31-18(3)24(29)26-21-12-13-21/h4-11,15,18,21H,12-14H2,1-3H3,(H,26,29)/t18-/m0/s1. The van der Waals surface area contributed by atoms with Crippen LogP contribution in [0.3, 0.4) is 0 Å². The highest BCUT2D eigenvalue weighted by Crippen LogP contribution is 2.25. The summed E-state index contributed by atoms with van der Waals surface area (Å²) in [6.45, 7) is 6.18. The van der Waals surface area contributed by atoms with Gasteiger partial charge >= 0.3 is 5.97 Å². The molecule has 1 saturated carbocycles. The predicted octanol–water partition coefficient (Wildman–Crippen LogP) is 4.04. The van der Waals surface area contributed by atoms with Gasteiger partial charge in [-0.05, 0) is 39.2 Å². The SMILES string of the molecule is Cc1ccc(Cn2cc(C(=O)O[C@@H](C)C(=O)NC3CC3)c(-c3ccc(C)cc3)n2)cc1. The second kappa shape index (κ2) is 8.76. The first-order valence-corrected chi connectivity index (χ1v) is 10.6. The Hall–Kier alpha value is -3.41. The summed E-state index contributed by atoms with van der Waals surface area (Å²) in [4.78, 5) is 25.2. The molecule has 0 unspecified atom stereocenters. The Morgan fingerprint density at radius 2 is 1.68 bits per heavy atom. The van der Waals surface area contributed by atoms with Gasteiger partial charge in [0, 0.05) is 17.8 Å². The van der Waals surface area contributed by atoms with Crippen molar-refractivity contribution in [2.45, 2.75) is 52.3 Å². The summed E-state index contributed by atoms with van der Waals surface area (Å²) in [6, 6.07) is 16.3. The molecule has 31 heavy (non-hydrogen) atoms. The molecule has 6 heteroatoms. The molecule has 1 amide bonds. The monoisotopic (exact) mass is 417 g/mol.